The molecule has 2 aromatic carbocycles. The van der Waals surface area contributed by atoms with Gasteiger partial charge in [-0.25, -0.2) is 13.8 Å². The highest BCUT2D eigenvalue weighted by Crippen LogP contribution is 2.49. The number of aromatic nitrogens is 3. The van der Waals surface area contributed by atoms with Gasteiger partial charge in [-0.2, -0.15) is 9.97 Å². The van der Waals surface area contributed by atoms with Crippen LogP contribution < -0.4 is 19.7 Å². The first-order valence-electron chi connectivity index (χ1n) is 17.6. The number of terminal acetylenes is 1. The number of likely N-dealkylation sites (tertiary alicyclic amines) is 1. The zero-order valence-electron chi connectivity index (χ0n) is 28.1. The van der Waals surface area contributed by atoms with Gasteiger partial charge in [0, 0.05) is 53.5 Å². The average molecular weight is 683 g/mol. The van der Waals surface area contributed by atoms with E-state index >= 15 is 4.39 Å². The summed E-state index contributed by atoms with van der Waals surface area (Å²) in [6, 6.07) is 6.17. The molecule has 1 spiro atoms. The van der Waals surface area contributed by atoms with E-state index < -0.39 is 11.6 Å². The predicted octanol–water partition coefficient (Wildman–Crippen LogP) is 5.03. The molecule has 5 aliphatic rings. The first-order chi connectivity index (χ1) is 24.3. The minimum atomic E-state index is -0.769. The topological polar surface area (TPSA) is 105 Å². The van der Waals surface area contributed by atoms with Gasteiger partial charge in [-0.05, 0) is 75.2 Å². The lowest BCUT2D eigenvalue weighted by Crippen LogP contribution is -2.52. The Balaban J connectivity index is 1.12. The molecule has 4 saturated heterocycles. The Kier molecular flexibility index (Phi) is 7.53. The highest BCUT2D eigenvalue weighted by Gasteiger charge is 2.48. The summed E-state index contributed by atoms with van der Waals surface area (Å²) in [6.07, 6.45) is 12.3. The van der Waals surface area contributed by atoms with E-state index in [4.69, 9.17) is 25.6 Å². The number of hydrogen-bond acceptors (Lipinski definition) is 10. The Morgan fingerprint density at radius 1 is 1.04 bits per heavy atom. The highest BCUT2D eigenvalue weighted by molar-refractivity contribution is 6.04. The summed E-state index contributed by atoms with van der Waals surface area (Å²) >= 11 is 0. The lowest BCUT2D eigenvalue weighted by molar-refractivity contribution is -0.140. The molecular weight excluding hydrogens is 642 g/mol. The fourth-order valence-electron chi connectivity index (χ4n) is 8.53. The molecule has 9 rings (SSSR count). The Labute approximate surface area is 289 Å². The van der Waals surface area contributed by atoms with Gasteiger partial charge in [0.1, 0.15) is 34.0 Å². The van der Waals surface area contributed by atoms with Crippen LogP contribution in [0.25, 0.3) is 32.9 Å². The van der Waals surface area contributed by atoms with Crippen molar-refractivity contribution in [3.63, 3.8) is 0 Å². The Bertz CT molecular complexity index is 2040. The Morgan fingerprint density at radius 2 is 1.80 bits per heavy atom. The SMILES string of the molecule is C#Cc1c(F)ccc2cc(O)cc(-c3nc(OC)c4c(N5CC6CCC(C5)N6)nc(OCC5(CN6CCC7(CC6)COC7)CC5)nc4c3F)c12. The van der Waals surface area contributed by atoms with Crippen LogP contribution in [0.4, 0.5) is 14.6 Å². The summed E-state index contributed by atoms with van der Waals surface area (Å²) in [7, 11) is 1.46. The van der Waals surface area contributed by atoms with Gasteiger partial charge >= 0.3 is 6.01 Å². The monoisotopic (exact) mass is 682 g/mol. The van der Waals surface area contributed by atoms with Crippen LogP contribution in [0.1, 0.15) is 44.1 Å². The van der Waals surface area contributed by atoms with Crippen molar-refractivity contribution in [2.75, 3.05) is 64.6 Å². The van der Waals surface area contributed by atoms with Crippen LogP contribution >= 0.6 is 0 Å². The molecule has 1 aliphatic carbocycles. The van der Waals surface area contributed by atoms with E-state index in [-0.39, 0.29) is 62.9 Å². The van der Waals surface area contributed by atoms with E-state index in [1.165, 1.54) is 31.4 Å². The second kappa shape index (κ2) is 11.9. The second-order valence-corrected chi connectivity index (χ2v) is 15.1. The number of nitrogens with zero attached hydrogens (tertiary/aromatic N) is 5. The van der Waals surface area contributed by atoms with Crippen LogP contribution in [0.5, 0.6) is 17.6 Å². The number of halogens is 2. The normalized spacial score (nSPS) is 23.6. The van der Waals surface area contributed by atoms with Gasteiger partial charge in [0.05, 0.1) is 32.5 Å². The van der Waals surface area contributed by atoms with Crippen molar-refractivity contribution in [1.29, 1.82) is 0 Å². The highest BCUT2D eigenvalue weighted by atomic mass is 19.1. The second-order valence-electron chi connectivity index (χ2n) is 15.1. The molecular formula is C38H40F2N6O4. The standard InChI is InChI=1S/C38H40F2N6O4/c1-3-26-28(39)7-4-22-14-25(47)15-27(29(22)26)32-31(40)33-30(35(42-32)48-2)34(46-16-23-5-6-24(17-46)41-23)44-36(43-33)50-21-37(8-9-37)18-45-12-10-38(11-13-45)19-49-20-38/h1,4,7,14-15,23-24,41,47H,5-6,8-13,16-21H2,2H3. The smallest absolute Gasteiger partial charge is 0.319 e. The zero-order chi connectivity index (χ0) is 34.2. The number of aromatic hydroxyl groups is 1. The molecule has 12 heteroatoms. The number of piperidine rings is 1. The van der Waals surface area contributed by atoms with Crippen LogP contribution in [-0.2, 0) is 4.74 Å². The summed E-state index contributed by atoms with van der Waals surface area (Å²) in [5.74, 6) is 1.46. The van der Waals surface area contributed by atoms with E-state index in [0.717, 1.165) is 71.4 Å². The van der Waals surface area contributed by atoms with Gasteiger partial charge in [-0.3, -0.25) is 0 Å². The lowest BCUT2D eigenvalue weighted by atomic mass is 9.76. The van der Waals surface area contributed by atoms with Gasteiger partial charge in [0.2, 0.25) is 5.88 Å². The van der Waals surface area contributed by atoms with Gasteiger partial charge in [0.15, 0.2) is 5.82 Å². The fourth-order valence-corrected chi connectivity index (χ4v) is 8.53. The van der Waals surface area contributed by atoms with E-state index in [2.05, 4.69) is 31.0 Å². The third kappa shape index (κ3) is 5.38. The van der Waals surface area contributed by atoms with E-state index in [9.17, 15) is 9.50 Å². The van der Waals surface area contributed by atoms with E-state index in [1.807, 2.05) is 0 Å². The largest absolute Gasteiger partial charge is 0.508 e. The molecule has 0 amide bonds. The number of piperazine rings is 1. The van der Waals surface area contributed by atoms with Crippen molar-refractivity contribution in [1.82, 2.24) is 25.2 Å². The molecule has 2 atom stereocenters. The molecule has 6 heterocycles. The number of hydrogen-bond donors (Lipinski definition) is 2. The fraction of sp³-hybridized carbons (Fsp3) is 0.500. The molecule has 50 heavy (non-hydrogen) atoms. The van der Waals surface area contributed by atoms with Crippen LogP contribution in [0.2, 0.25) is 0 Å². The molecule has 2 bridgehead atoms. The molecule has 2 unspecified atom stereocenters. The van der Waals surface area contributed by atoms with Crippen molar-refractivity contribution in [3.8, 4) is 41.2 Å². The van der Waals surface area contributed by atoms with Crippen molar-refractivity contribution in [2.45, 2.75) is 50.6 Å². The van der Waals surface area contributed by atoms with Crippen molar-refractivity contribution < 1.29 is 28.1 Å². The van der Waals surface area contributed by atoms with Gasteiger partial charge < -0.3 is 34.4 Å². The van der Waals surface area contributed by atoms with Crippen molar-refractivity contribution in [3.05, 3.63) is 41.5 Å². The maximum absolute atomic E-state index is 17.1. The third-order valence-electron chi connectivity index (χ3n) is 11.6. The molecule has 4 aromatic rings. The first-order valence-corrected chi connectivity index (χ1v) is 17.6. The Morgan fingerprint density at radius 3 is 2.46 bits per heavy atom. The summed E-state index contributed by atoms with van der Waals surface area (Å²) < 4.78 is 49.8. The number of fused-ring (bicyclic) bond motifs is 4. The molecule has 260 valence electrons. The van der Waals surface area contributed by atoms with Crippen LogP contribution in [-0.4, -0.2) is 96.7 Å². The third-order valence-corrected chi connectivity index (χ3v) is 11.6. The van der Waals surface area contributed by atoms with E-state index in [0.29, 0.717) is 41.7 Å². The maximum Gasteiger partial charge on any atom is 0.319 e. The number of phenolic OH excluding ortho intramolecular Hbond substituents is 1. The predicted molar refractivity (Wildman–Crippen MR) is 185 cm³/mol. The molecule has 4 aliphatic heterocycles. The number of phenols is 1. The summed E-state index contributed by atoms with van der Waals surface area (Å²) in [4.78, 5) is 18.9. The van der Waals surface area contributed by atoms with Gasteiger partial charge in [0.25, 0.3) is 0 Å². The lowest BCUT2D eigenvalue weighted by Gasteiger charge is -2.47. The van der Waals surface area contributed by atoms with E-state index in [1.54, 1.807) is 0 Å². The number of rotatable bonds is 8. The molecule has 0 radical (unpaired) electrons. The quantitative estimate of drug-likeness (QED) is 0.246. The zero-order valence-corrected chi connectivity index (χ0v) is 28.1. The number of ether oxygens (including phenoxy) is 3. The number of anilines is 1. The van der Waals surface area contributed by atoms with Crippen molar-refractivity contribution >= 4 is 27.5 Å². The molecule has 1 saturated carbocycles. The van der Waals surface area contributed by atoms with Crippen LogP contribution in [0, 0.1) is 34.8 Å². The minimum Gasteiger partial charge on any atom is -0.508 e. The summed E-state index contributed by atoms with van der Waals surface area (Å²) in [5, 5.41) is 15.3. The minimum absolute atomic E-state index is 0.00304. The molecule has 10 nitrogen and oxygen atoms in total. The number of nitrogens with one attached hydrogen (secondary N) is 1. The number of methoxy groups -OCH3 is 1. The number of pyridine rings is 1. The maximum atomic E-state index is 17.1. The van der Waals surface area contributed by atoms with Crippen molar-refractivity contribution in [2.24, 2.45) is 10.8 Å². The summed E-state index contributed by atoms with van der Waals surface area (Å²) in [6.45, 7) is 6.62. The van der Waals surface area contributed by atoms with Gasteiger partial charge in [-0.15, -0.1) is 6.42 Å². The molecule has 5 fully saturated rings. The molecule has 2 N–H and O–H groups in total. The average Bonchev–Trinajstić information content (AvgIpc) is 3.79. The summed E-state index contributed by atoms with van der Waals surface area (Å²) in [5.41, 5.74) is 0.252. The Hall–Kier alpha value is -4.31. The van der Waals surface area contributed by atoms with Crippen LogP contribution in [0.3, 0.4) is 0 Å². The van der Waals surface area contributed by atoms with Crippen LogP contribution in [0.15, 0.2) is 24.3 Å². The first kappa shape index (κ1) is 31.7. The molecule has 2 aromatic heterocycles. The van der Waals surface area contributed by atoms with Gasteiger partial charge in [-0.1, -0.05) is 12.0 Å². The number of benzene rings is 2.